The van der Waals surface area contributed by atoms with E-state index in [2.05, 4.69) is 5.32 Å². The Labute approximate surface area is 127 Å². The minimum absolute atomic E-state index is 0.265. The van der Waals surface area contributed by atoms with Crippen LogP contribution in [-0.2, 0) is 7.05 Å². The Balaban J connectivity index is 2.17. The number of hydrogen-bond donors (Lipinski definition) is 2. The van der Waals surface area contributed by atoms with Crippen molar-refractivity contribution in [1.29, 1.82) is 0 Å². The van der Waals surface area contributed by atoms with Crippen LogP contribution in [0.1, 0.15) is 44.9 Å². The van der Waals surface area contributed by atoms with E-state index in [0.29, 0.717) is 16.8 Å². The Morgan fingerprint density at radius 1 is 1.32 bits per heavy atom. The molecule has 0 aliphatic carbocycles. The first-order valence-electron chi connectivity index (χ1n) is 6.82. The smallest absolute Gasteiger partial charge is 0.268 e. The molecule has 1 heterocycles. The second-order valence-corrected chi connectivity index (χ2v) is 5.29. The van der Waals surface area contributed by atoms with Gasteiger partial charge in [0.2, 0.25) is 5.91 Å². The molecule has 0 aliphatic rings. The van der Waals surface area contributed by atoms with E-state index in [0.717, 1.165) is 0 Å². The summed E-state index contributed by atoms with van der Waals surface area (Å²) in [6.45, 7) is 3.44. The van der Waals surface area contributed by atoms with Gasteiger partial charge in [0.15, 0.2) is 0 Å². The van der Waals surface area contributed by atoms with Crippen LogP contribution >= 0.6 is 0 Å². The molecule has 0 saturated heterocycles. The highest BCUT2D eigenvalue weighted by Crippen LogP contribution is 2.17. The molecule has 2 rings (SSSR count). The predicted molar refractivity (Wildman–Crippen MR) is 80.9 cm³/mol. The van der Waals surface area contributed by atoms with Gasteiger partial charge in [-0.2, -0.15) is 0 Å². The number of halogens is 1. The molecule has 0 aliphatic heterocycles. The SMILES string of the molecule is Cc1ccc([C@@H](C)NC(=O)c2cc(C(N)=O)cn2C)cc1F. The number of benzene rings is 1. The van der Waals surface area contributed by atoms with Gasteiger partial charge in [-0.1, -0.05) is 12.1 Å². The second kappa shape index (κ2) is 6.01. The van der Waals surface area contributed by atoms with Crippen molar-refractivity contribution in [2.45, 2.75) is 19.9 Å². The summed E-state index contributed by atoms with van der Waals surface area (Å²) in [5.41, 5.74) is 6.99. The summed E-state index contributed by atoms with van der Waals surface area (Å²) in [5.74, 6) is -1.26. The van der Waals surface area contributed by atoms with Gasteiger partial charge in [0.05, 0.1) is 11.6 Å². The Hall–Kier alpha value is -2.63. The third-order valence-electron chi connectivity index (χ3n) is 3.57. The van der Waals surface area contributed by atoms with E-state index >= 15 is 0 Å². The molecule has 2 aromatic rings. The lowest BCUT2D eigenvalue weighted by Gasteiger charge is -2.15. The van der Waals surface area contributed by atoms with Gasteiger partial charge in [-0.05, 0) is 37.1 Å². The molecule has 0 fully saturated rings. The number of nitrogens with zero attached hydrogens (tertiary/aromatic N) is 1. The average Bonchev–Trinajstić information content (AvgIpc) is 2.84. The molecular weight excluding hydrogens is 285 g/mol. The van der Waals surface area contributed by atoms with Crippen LogP contribution in [0.5, 0.6) is 0 Å². The largest absolute Gasteiger partial charge is 0.366 e. The highest BCUT2D eigenvalue weighted by Gasteiger charge is 2.17. The van der Waals surface area contributed by atoms with E-state index in [1.165, 1.54) is 22.9 Å². The number of nitrogens with one attached hydrogen (secondary N) is 1. The first-order valence-corrected chi connectivity index (χ1v) is 6.82. The topological polar surface area (TPSA) is 77.1 Å². The highest BCUT2D eigenvalue weighted by molar-refractivity contribution is 5.98. The first kappa shape index (κ1) is 15.8. The molecule has 0 radical (unpaired) electrons. The minimum atomic E-state index is -0.594. The summed E-state index contributed by atoms with van der Waals surface area (Å²) in [6, 6.07) is 5.90. The van der Waals surface area contributed by atoms with Crippen molar-refractivity contribution < 1.29 is 14.0 Å². The van der Waals surface area contributed by atoms with Gasteiger partial charge in [-0.25, -0.2) is 4.39 Å². The van der Waals surface area contributed by atoms with Crippen molar-refractivity contribution in [3.8, 4) is 0 Å². The van der Waals surface area contributed by atoms with E-state index in [1.807, 2.05) is 0 Å². The summed E-state index contributed by atoms with van der Waals surface area (Å²) >= 11 is 0. The zero-order valence-electron chi connectivity index (χ0n) is 12.7. The maximum absolute atomic E-state index is 13.6. The number of amides is 2. The number of carbonyl (C=O) groups is 2. The van der Waals surface area contributed by atoms with Crippen LogP contribution in [-0.4, -0.2) is 16.4 Å². The molecule has 1 atom stereocenters. The molecule has 116 valence electrons. The summed E-state index contributed by atoms with van der Waals surface area (Å²) in [5, 5.41) is 2.77. The van der Waals surface area contributed by atoms with Gasteiger partial charge in [-0.15, -0.1) is 0 Å². The van der Waals surface area contributed by atoms with Crippen molar-refractivity contribution in [2.75, 3.05) is 0 Å². The molecule has 1 aromatic heterocycles. The van der Waals surface area contributed by atoms with Gasteiger partial charge >= 0.3 is 0 Å². The molecule has 0 spiro atoms. The van der Waals surface area contributed by atoms with Crippen LogP contribution in [0.15, 0.2) is 30.5 Å². The molecule has 6 heteroatoms. The molecule has 3 N–H and O–H groups in total. The molecule has 5 nitrogen and oxygen atoms in total. The Bertz CT molecular complexity index is 737. The standard InChI is InChI=1S/C16H18FN3O2/c1-9-4-5-11(6-13(9)17)10(2)19-16(22)14-7-12(15(18)21)8-20(14)3/h4-8,10H,1-3H3,(H2,18,21)(H,19,22)/t10-/m1/s1. The monoisotopic (exact) mass is 303 g/mol. The summed E-state index contributed by atoms with van der Waals surface area (Å²) in [7, 11) is 1.65. The lowest BCUT2D eigenvalue weighted by atomic mass is 10.1. The zero-order chi connectivity index (χ0) is 16.4. The van der Waals surface area contributed by atoms with Crippen LogP contribution < -0.4 is 11.1 Å². The normalized spacial score (nSPS) is 12.0. The maximum Gasteiger partial charge on any atom is 0.268 e. The Kier molecular flexibility index (Phi) is 4.30. The molecule has 0 unspecified atom stereocenters. The van der Waals surface area contributed by atoms with E-state index in [1.54, 1.807) is 33.0 Å². The molecule has 0 bridgehead atoms. The third kappa shape index (κ3) is 3.16. The summed E-state index contributed by atoms with van der Waals surface area (Å²) in [4.78, 5) is 23.4. The van der Waals surface area contributed by atoms with Crippen molar-refractivity contribution in [3.63, 3.8) is 0 Å². The maximum atomic E-state index is 13.6. The highest BCUT2D eigenvalue weighted by atomic mass is 19.1. The summed E-state index contributed by atoms with van der Waals surface area (Å²) in [6.07, 6.45) is 1.49. The first-order chi connectivity index (χ1) is 10.3. The fourth-order valence-electron chi connectivity index (χ4n) is 2.16. The lowest BCUT2D eigenvalue weighted by molar-refractivity contribution is 0.0931. The van der Waals surface area contributed by atoms with Crippen molar-refractivity contribution in [1.82, 2.24) is 9.88 Å². The van der Waals surface area contributed by atoms with Gasteiger partial charge in [0, 0.05) is 13.2 Å². The van der Waals surface area contributed by atoms with Gasteiger partial charge in [0.25, 0.3) is 5.91 Å². The number of carbonyl (C=O) groups excluding carboxylic acids is 2. The number of primary amides is 1. The van der Waals surface area contributed by atoms with Crippen LogP contribution in [0.4, 0.5) is 4.39 Å². The quantitative estimate of drug-likeness (QED) is 0.907. The molecule has 0 saturated carbocycles. The molecule has 22 heavy (non-hydrogen) atoms. The fraction of sp³-hybridized carbons (Fsp3) is 0.250. The van der Waals surface area contributed by atoms with Gasteiger partial charge in [-0.3, -0.25) is 9.59 Å². The molecule has 2 amide bonds. The van der Waals surface area contributed by atoms with Crippen LogP contribution in [0.2, 0.25) is 0 Å². The second-order valence-electron chi connectivity index (χ2n) is 5.29. The third-order valence-corrected chi connectivity index (χ3v) is 3.57. The Morgan fingerprint density at radius 3 is 2.55 bits per heavy atom. The zero-order valence-corrected chi connectivity index (χ0v) is 12.7. The van der Waals surface area contributed by atoms with Gasteiger partial charge < -0.3 is 15.6 Å². The number of hydrogen-bond acceptors (Lipinski definition) is 2. The number of aromatic nitrogens is 1. The van der Waals surface area contributed by atoms with Gasteiger partial charge in [0.1, 0.15) is 11.5 Å². The number of rotatable bonds is 4. The summed E-state index contributed by atoms with van der Waals surface area (Å²) < 4.78 is 15.1. The Morgan fingerprint density at radius 2 is 2.00 bits per heavy atom. The van der Waals surface area contributed by atoms with E-state index in [4.69, 9.17) is 5.73 Å². The van der Waals surface area contributed by atoms with Crippen molar-refractivity contribution >= 4 is 11.8 Å². The van der Waals surface area contributed by atoms with Crippen molar-refractivity contribution in [2.24, 2.45) is 12.8 Å². The number of nitrogens with two attached hydrogens (primary N) is 1. The fourth-order valence-corrected chi connectivity index (χ4v) is 2.16. The van der Waals surface area contributed by atoms with Crippen molar-refractivity contribution in [3.05, 3.63) is 58.7 Å². The predicted octanol–water partition coefficient (Wildman–Crippen LogP) is 2.06. The molecular formula is C16H18FN3O2. The average molecular weight is 303 g/mol. The molecule has 1 aromatic carbocycles. The lowest BCUT2D eigenvalue weighted by Crippen LogP contribution is -2.28. The number of aryl methyl sites for hydroxylation is 2. The minimum Gasteiger partial charge on any atom is -0.366 e. The van der Waals surface area contributed by atoms with E-state index in [9.17, 15) is 14.0 Å². The van der Waals surface area contributed by atoms with E-state index in [-0.39, 0.29) is 23.3 Å². The van der Waals surface area contributed by atoms with Crippen LogP contribution in [0, 0.1) is 12.7 Å². The van der Waals surface area contributed by atoms with Crippen LogP contribution in [0.25, 0.3) is 0 Å². The van der Waals surface area contributed by atoms with Crippen LogP contribution in [0.3, 0.4) is 0 Å². The van der Waals surface area contributed by atoms with E-state index < -0.39 is 5.91 Å².